The van der Waals surface area contributed by atoms with Crippen LogP contribution in [0, 0.1) is 0 Å². The molecule has 0 saturated heterocycles. The summed E-state index contributed by atoms with van der Waals surface area (Å²) in [5, 5.41) is 4.92. The molecule has 102 valence electrons. The van der Waals surface area contributed by atoms with Gasteiger partial charge >= 0.3 is 0 Å². The summed E-state index contributed by atoms with van der Waals surface area (Å²) in [6.07, 6.45) is 3.38. The van der Waals surface area contributed by atoms with Crippen LogP contribution < -0.4 is 5.73 Å². The van der Waals surface area contributed by atoms with Crippen molar-refractivity contribution in [3.05, 3.63) is 17.0 Å². The highest BCUT2D eigenvalue weighted by Gasteiger charge is 2.34. The highest BCUT2D eigenvalue weighted by atomic mass is 15.3. The summed E-state index contributed by atoms with van der Waals surface area (Å²) in [5.41, 5.74) is 10.3. The van der Waals surface area contributed by atoms with Gasteiger partial charge in [-0.25, -0.2) is 0 Å². The van der Waals surface area contributed by atoms with Gasteiger partial charge < -0.3 is 5.73 Å². The Kier molecular flexibility index (Phi) is 3.09. The van der Waals surface area contributed by atoms with Crippen molar-refractivity contribution >= 4 is 0 Å². The van der Waals surface area contributed by atoms with Gasteiger partial charge in [-0.1, -0.05) is 20.8 Å². The van der Waals surface area contributed by atoms with Crippen molar-refractivity contribution in [3.8, 4) is 0 Å². The first-order valence-corrected chi connectivity index (χ1v) is 7.00. The van der Waals surface area contributed by atoms with E-state index < -0.39 is 0 Å². The summed E-state index contributed by atoms with van der Waals surface area (Å²) in [5.74, 6) is 0. The summed E-state index contributed by atoms with van der Waals surface area (Å²) >= 11 is 0. The van der Waals surface area contributed by atoms with E-state index in [1.165, 1.54) is 23.4 Å². The topological polar surface area (TPSA) is 43.8 Å². The Hall–Kier alpha value is -0.830. The minimum Gasteiger partial charge on any atom is -0.324 e. The first-order chi connectivity index (χ1) is 8.12. The second kappa shape index (κ2) is 4.09. The maximum Gasteiger partial charge on any atom is 0.0728 e. The van der Waals surface area contributed by atoms with E-state index in [4.69, 9.17) is 10.8 Å². The number of rotatable bonds is 0. The fourth-order valence-corrected chi connectivity index (χ4v) is 2.84. The Bertz CT molecular complexity index is 444. The zero-order chi connectivity index (χ0) is 13.7. The molecule has 0 fully saturated rings. The molecular weight excluding hydrogens is 222 g/mol. The number of fused-ring (bicyclic) bond motifs is 1. The first kappa shape index (κ1) is 13.6. The van der Waals surface area contributed by atoms with Crippen molar-refractivity contribution in [1.29, 1.82) is 0 Å². The fourth-order valence-electron chi connectivity index (χ4n) is 2.84. The lowest BCUT2D eigenvalue weighted by molar-refractivity contribution is 0.333. The van der Waals surface area contributed by atoms with Crippen LogP contribution in [0.25, 0.3) is 0 Å². The molecule has 1 unspecified atom stereocenters. The molecule has 2 rings (SSSR count). The Morgan fingerprint density at radius 2 is 1.78 bits per heavy atom. The molecule has 0 radical (unpaired) electrons. The van der Waals surface area contributed by atoms with Crippen LogP contribution in [0.15, 0.2) is 0 Å². The zero-order valence-corrected chi connectivity index (χ0v) is 12.7. The molecule has 3 heteroatoms. The smallest absolute Gasteiger partial charge is 0.0728 e. The molecule has 0 amide bonds. The van der Waals surface area contributed by atoms with Gasteiger partial charge in [0.2, 0.25) is 0 Å². The first-order valence-electron chi connectivity index (χ1n) is 7.00. The molecule has 1 aliphatic carbocycles. The van der Waals surface area contributed by atoms with Gasteiger partial charge in [-0.3, -0.25) is 4.68 Å². The molecular formula is C15H27N3. The highest BCUT2D eigenvalue weighted by molar-refractivity contribution is 5.36. The summed E-state index contributed by atoms with van der Waals surface area (Å²) in [6, 6.07) is 0.166. The number of aromatic nitrogens is 2. The van der Waals surface area contributed by atoms with Crippen LogP contribution in [0.5, 0.6) is 0 Å². The molecule has 0 bridgehead atoms. The Morgan fingerprint density at radius 3 is 2.28 bits per heavy atom. The lowest BCUT2D eigenvalue weighted by Gasteiger charge is -2.26. The van der Waals surface area contributed by atoms with Gasteiger partial charge in [-0.2, -0.15) is 5.10 Å². The minimum atomic E-state index is 0.0324. The third-order valence-electron chi connectivity index (χ3n) is 3.67. The van der Waals surface area contributed by atoms with Crippen LogP contribution in [-0.4, -0.2) is 9.78 Å². The van der Waals surface area contributed by atoms with Crippen molar-refractivity contribution in [2.24, 2.45) is 5.73 Å². The van der Waals surface area contributed by atoms with Crippen molar-refractivity contribution in [1.82, 2.24) is 9.78 Å². The second-order valence-corrected chi connectivity index (χ2v) is 7.54. The van der Waals surface area contributed by atoms with Crippen molar-refractivity contribution in [3.63, 3.8) is 0 Å². The van der Waals surface area contributed by atoms with E-state index in [2.05, 4.69) is 46.2 Å². The number of nitrogens with zero attached hydrogens (tertiary/aromatic N) is 2. The van der Waals surface area contributed by atoms with Gasteiger partial charge in [0.25, 0.3) is 0 Å². The SMILES string of the molecule is CC(C)(C)c1nn(C(C)(C)C)c2c1C(N)CCC2. The Labute approximate surface area is 111 Å². The van der Waals surface area contributed by atoms with Crippen molar-refractivity contribution in [2.75, 3.05) is 0 Å². The van der Waals surface area contributed by atoms with Gasteiger partial charge in [0.15, 0.2) is 0 Å². The normalized spacial score (nSPS) is 20.9. The molecule has 0 aromatic carbocycles. The van der Waals surface area contributed by atoms with Crippen LogP contribution >= 0.6 is 0 Å². The maximum absolute atomic E-state index is 6.35. The van der Waals surface area contributed by atoms with E-state index in [9.17, 15) is 0 Å². The average Bonchev–Trinajstić information content (AvgIpc) is 2.56. The minimum absolute atomic E-state index is 0.0324. The molecule has 0 aliphatic heterocycles. The standard InChI is InChI=1S/C15H27N3/c1-14(2,3)13-12-10(16)8-7-9-11(12)18(17-13)15(4,5)6/h10H,7-9,16H2,1-6H3. The predicted octanol–water partition coefficient (Wildman–Crippen LogP) is 3.27. The van der Waals surface area contributed by atoms with Crippen LogP contribution in [0.2, 0.25) is 0 Å². The fraction of sp³-hybridized carbons (Fsp3) is 0.800. The highest BCUT2D eigenvalue weighted by Crippen LogP contribution is 2.38. The average molecular weight is 249 g/mol. The lowest BCUT2D eigenvalue weighted by atomic mass is 9.82. The summed E-state index contributed by atoms with van der Waals surface area (Å²) < 4.78 is 2.21. The van der Waals surface area contributed by atoms with Gasteiger partial charge in [0, 0.05) is 22.7 Å². The van der Waals surface area contributed by atoms with Crippen LogP contribution in [0.3, 0.4) is 0 Å². The van der Waals surface area contributed by atoms with Gasteiger partial charge in [-0.15, -0.1) is 0 Å². The third-order valence-corrected chi connectivity index (χ3v) is 3.67. The van der Waals surface area contributed by atoms with E-state index in [0.717, 1.165) is 12.8 Å². The van der Waals surface area contributed by atoms with Gasteiger partial charge in [-0.05, 0) is 40.0 Å². The summed E-state index contributed by atoms with van der Waals surface area (Å²) in [4.78, 5) is 0. The zero-order valence-electron chi connectivity index (χ0n) is 12.7. The van der Waals surface area contributed by atoms with E-state index in [1.807, 2.05) is 0 Å². The summed E-state index contributed by atoms with van der Waals surface area (Å²) in [6.45, 7) is 13.3. The quantitative estimate of drug-likeness (QED) is 0.767. The largest absolute Gasteiger partial charge is 0.324 e. The molecule has 1 aromatic heterocycles. The Balaban J connectivity index is 2.67. The predicted molar refractivity (Wildman–Crippen MR) is 75.8 cm³/mol. The molecule has 1 aliphatic rings. The van der Waals surface area contributed by atoms with E-state index in [1.54, 1.807) is 0 Å². The molecule has 0 saturated carbocycles. The maximum atomic E-state index is 6.35. The monoisotopic (exact) mass is 249 g/mol. The molecule has 2 N–H and O–H groups in total. The molecule has 1 aromatic rings. The Morgan fingerprint density at radius 1 is 1.17 bits per heavy atom. The molecule has 18 heavy (non-hydrogen) atoms. The van der Waals surface area contributed by atoms with Crippen molar-refractivity contribution < 1.29 is 0 Å². The number of hydrogen-bond donors (Lipinski definition) is 1. The van der Waals surface area contributed by atoms with E-state index in [-0.39, 0.29) is 17.0 Å². The molecule has 1 atom stereocenters. The number of nitrogens with two attached hydrogens (primary N) is 1. The van der Waals surface area contributed by atoms with E-state index in [0.29, 0.717) is 0 Å². The van der Waals surface area contributed by atoms with Crippen LogP contribution in [0.4, 0.5) is 0 Å². The van der Waals surface area contributed by atoms with Crippen LogP contribution in [0.1, 0.15) is 77.4 Å². The number of hydrogen-bond acceptors (Lipinski definition) is 2. The third kappa shape index (κ3) is 2.20. The van der Waals surface area contributed by atoms with Gasteiger partial charge in [0.1, 0.15) is 0 Å². The summed E-state index contributed by atoms with van der Waals surface area (Å²) in [7, 11) is 0. The van der Waals surface area contributed by atoms with Crippen molar-refractivity contribution in [2.45, 2.75) is 77.8 Å². The van der Waals surface area contributed by atoms with Gasteiger partial charge in [0.05, 0.1) is 11.2 Å². The second-order valence-electron chi connectivity index (χ2n) is 7.54. The lowest BCUT2D eigenvalue weighted by Crippen LogP contribution is -2.27. The molecule has 1 heterocycles. The van der Waals surface area contributed by atoms with E-state index >= 15 is 0 Å². The molecule has 3 nitrogen and oxygen atoms in total. The van der Waals surface area contributed by atoms with Crippen LogP contribution in [-0.2, 0) is 17.4 Å². The molecule has 0 spiro atoms.